The van der Waals surface area contributed by atoms with E-state index in [2.05, 4.69) is 27.0 Å². The molecular formula is C12H13N3OS. The van der Waals surface area contributed by atoms with Gasteiger partial charge in [-0.1, -0.05) is 0 Å². The quantitative estimate of drug-likeness (QED) is 0.886. The second-order valence-electron chi connectivity index (χ2n) is 4.20. The number of carbonyl (C=O) groups excluding carboxylic acids is 1. The third kappa shape index (κ3) is 1.86. The third-order valence-corrected chi connectivity index (χ3v) is 3.89. The first-order valence-electron chi connectivity index (χ1n) is 5.68. The van der Waals surface area contributed by atoms with Gasteiger partial charge in [0, 0.05) is 12.7 Å². The summed E-state index contributed by atoms with van der Waals surface area (Å²) in [5.41, 5.74) is 1.90. The van der Waals surface area contributed by atoms with E-state index in [-0.39, 0.29) is 11.9 Å². The molecule has 1 aliphatic rings. The minimum Gasteiger partial charge on any atom is -0.331 e. The molecule has 0 saturated carbocycles. The van der Waals surface area contributed by atoms with E-state index in [0.29, 0.717) is 5.56 Å². The molecule has 0 radical (unpaired) electrons. The van der Waals surface area contributed by atoms with Gasteiger partial charge in [-0.2, -0.15) is 16.4 Å². The summed E-state index contributed by atoms with van der Waals surface area (Å²) in [6.45, 7) is 0.838. The summed E-state index contributed by atoms with van der Waals surface area (Å²) in [5.74, 6) is 0.0763. The molecule has 1 aliphatic heterocycles. The average molecular weight is 247 g/mol. The maximum Gasteiger partial charge on any atom is 0.257 e. The zero-order valence-corrected chi connectivity index (χ0v) is 10.1. The van der Waals surface area contributed by atoms with Crippen LogP contribution in [0.5, 0.6) is 0 Å². The summed E-state index contributed by atoms with van der Waals surface area (Å²) in [6.07, 6.45) is 5.38. The number of aromatic amines is 1. The van der Waals surface area contributed by atoms with Crippen molar-refractivity contribution in [2.45, 2.75) is 18.9 Å². The molecule has 3 rings (SSSR count). The van der Waals surface area contributed by atoms with Gasteiger partial charge in [0.25, 0.3) is 5.91 Å². The summed E-state index contributed by atoms with van der Waals surface area (Å²) in [7, 11) is 0. The van der Waals surface area contributed by atoms with E-state index < -0.39 is 0 Å². The lowest BCUT2D eigenvalue weighted by Gasteiger charge is -2.23. The van der Waals surface area contributed by atoms with Crippen LogP contribution in [0.4, 0.5) is 0 Å². The van der Waals surface area contributed by atoms with Crippen LogP contribution in [-0.2, 0) is 0 Å². The Morgan fingerprint density at radius 2 is 2.53 bits per heavy atom. The van der Waals surface area contributed by atoms with E-state index in [1.165, 1.54) is 5.56 Å². The lowest BCUT2D eigenvalue weighted by molar-refractivity contribution is 0.0736. The minimum atomic E-state index is 0.0763. The molecule has 0 aromatic carbocycles. The third-order valence-electron chi connectivity index (χ3n) is 3.19. The van der Waals surface area contributed by atoms with Crippen molar-refractivity contribution in [3.8, 4) is 0 Å². The van der Waals surface area contributed by atoms with Gasteiger partial charge in [0.2, 0.25) is 0 Å². The van der Waals surface area contributed by atoms with Crippen LogP contribution in [0, 0.1) is 0 Å². The first-order valence-corrected chi connectivity index (χ1v) is 6.62. The van der Waals surface area contributed by atoms with Gasteiger partial charge in [-0.15, -0.1) is 0 Å². The van der Waals surface area contributed by atoms with E-state index in [4.69, 9.17) is 0 Å². The number of amides is 1. The molecule has 2 aromatic rings. The van der Waals surface area contributed by atoms with Crippen molar-refractivity contribution in [2.24, 2.45) is 0 Å². The lowest BCUT2D eigenvalue weighted by Crippen LogP contribution is -2.30. The van der Waals surface area contributed by atoms with Crippen molar-refractivity contribution in [1.29, 1.82) is 0 Å². The molecule has 0 spiro atoms. The Balaban J connectivity index is 1.85. The van der Waals surface area contributed by atoms with Crippen molar-refractivity contribution < 1.29 is 4.79 Å². The first-order chi connectivity index (χ1) is 8.36. The fourth-order valence-electron chi connectivity index (χ4n) is 2.35. The number of aromatic nitrogens is 2. The molecule has 88 valence electrons. The van der Waals surface area contributed by atoms with Crippen molar-refractivity contribution in [2.75, 3.05) is 6.54 Å². The lowest BCUT2D eigenvalue weighted by atomic mass is 10.1. The molecule has 2 aromatic heterocycles. The molecule has 1 N–H and O–H groups in total. The molecule has 0 bridgehead atoms. The van der Waals surface area contributed by atoms with E-state index in [1.54, 1.807) is 23.7 Å². The fourth-order valence-corrected chi connectivity index (χ4v) is 3.06. The van der Waals surface area contributed by atoms with Crippen LogP contribution in [0.25, 0.3) is 0 Å². The topological polar surface area (TPSA) is 49.0 Å². The molecule has 1 saturated heterocycles. The SMILES string of the molecule is O=C(c1cn[nH]c1)N1CCCC1c1ccsc1. The minimum absolute atomic E-state index is 0.0763. The van der Waals surface area contributed by atoms with Gasteiger partial charge in [-0.05, 0) is 35.2 Å². The number of nitrogens with one attached hydrogen (secondary N) is 1. The van der Waals surface area contributed by atoms with Gasteiger partial charge in [-0.3, -0.25) is 9.89 Å². The summed E-state index contributed by atoms with van der Waals surface area (Å²) >= 11 is 1.68. The first kappa shape index (κ1) is 10.5. The van der Waals surface area contributed by atoms with Crippen LogP contribution in [-0.4, -0.2) is 27.5 Å². The Bertz CT molecular complexity index is 492. The summed E-state index contributed by atoms with van der Waals surface area (Å²) < 4.78 is 0. The predicted octanol–water partition coefficient (Wildman–Crippen LogP) is 2.45. The summed E-state index contributed by atoms with van der Waals surface area (Å²) in [4.78, 5) is 14.2. The largest absolute Gasteiger partial charge is 0.331 e. The average Bonchev–Trinajstić information content (AvgIpc) is 3.09. The zero-order chi connectivity index (χ0) is 11.7. The van der Waals surface area contributed by atoms with Crippen LogP contribution in [0.2, 0.25) is 0 Å². The number of H-pyrrole nitrogens is 1. The highest BCUT2D eigenvalue weighted by Crippen LogP contribution is 2.33. The van der Waals surface area contributed by atoms with Crippen LogP contribution < -0.4 is 0 Å². The predicted molar refractivity (Wildman–Crippen MR) is 65.9 cm³/mol. The number of hydrogen-bond acceptors (Lipinski definition) is 3. The molecule has 1 fully saturated rings. The molecule has 0 aliphatic carbocycles. The molecule has 4 nitrogen and oxygen atoms in total. The molecular weight excluding hydrogens is 234 g/mol. The Morgan fingerprint density at radius 3 is 3.24 bits per heavy atom. The monoisotopic (exact) mass is 247 g/mol. The normalized spacial score (nSPS) is 19.8. The van der Waals surface area contributed by atoms with Crippen LogP contribution in [0.3, 0.4) is 0 Å². The number of rotatable bonds is 2. The van der Waals surface area contributed by atoms with E-state index >= 15 is 0 Å². The number of carbonyl (C=O) groups is 1. The standard InChI is InChI=1S/C12H13N3OS/c16-12(10-6-13-14-7-10)15-4-1-2-11(15)9-3-5-17-8-9/h3,5-8,11H,1-2,4H2,(H,13,14). The molecule has 1 atom stereocenters. The highest BCUT2D eigenvalue weighted by molar-refractivity contribution is 7.07. The van der Waals surface area contributed by atoms with Crippen molar-refractivity contribution in [1.82, 2.24) is 15.1 Å². The Kier molecular flexibility index (Phi) is 2.68. The summed E-state index contributed by atoms with van der Waals surface area (Å²) in [5, 5.41) is 10.7. The second kappa shape index (κ2) is 4.33. The highest BCUT2D eigenvalue weighted by atomic mass is 32.1. The van der Waals surface area contributed by atoms with Crippen molar-refractivity contribution >= 4 is 17.2 Å². The second-order valence-corrected chi connectivity index (χ2v) is 4.98. The van der Waals surface area contributed by atoms with Gasteiger partial charge in [0.05, 0.1) is 17.8 Å². The van der Waals surface area contributed by atoms with Gasteiger partial charge >= 0.3 is 0 Å². The number of likely N-dealkylation sites (tertiary alicyclic amines) is 1. The fraction of sp³-hybridized carbons (Fsp3) is 0.333. The highest BCUT2D eigenvalue weighted by Gasteiger charge is 2.30. The van der Waals surface area contributed by atoms with Gasteiger partial charge in [-0.25, -0.2) is 0 Å². The van der Waals surface area contributed by atoms with E-state index in [9.17, 15) is 4.79 Å². The molecule has 5 heteroatoms. The van der Waals surface area contributed by atoms with E-state index in [0.717, 1.165) is 19.4 Å². The molecule has 1 amide bonds. The van der Waals surface area contributed by atoms with Crippen LogP contribution in [0.1, 0.15) is 34.8 Å². The maximum absolute atomic E-state index is 12.3. The number of thiophene rings is 1. The Morgan fingerprint density at radius 1 is 1.59 bits per heavy atom. The van der Waals surface area contributed by atoms with E-state index in [1.807, 2.05) is 4.90 Å². The molecule has 17 heavy (non-hydrogen) atoms. The van der Waals surface area contributed by atoms with Crippen LogP contribution >= 0.6 is 11.3 Å². The van der Waals surface area contributed by atoms with Crippen molar-refractivity contribution in [3.63, 3.8) is 0 Å². The Labute approximate surface area is 103 Å². The van der Waals surface area contributed by atoms with Gasteiger partial charge < -0.3 is 4.90 Å². The zero-order valence-electron chi connectivity index (χ0n) is 9.30. The summed E-state index contributed by atoms with van der Waals surface area (Å²) in [6, 6.07) is 2.35. The van der Waals surface area contributed by atoms with Crippen LogP contribution in [0.15, 0.2) is 29.2 Å². The number of hydrogen-bond donors (Lipinski definition) is 1. The molecule has 1 unspecified atom stereocenters. The smallest absolute Gasteiger partial charge is 0.257 e. The maximum atomic E-state index is 12.3. The Hall–Kier alpha value is -1.62. The molecule has 3 heterocycles. The van der Waals surface area contributed by atoms with Crippen molar-refractivity contribution in [3.05, 3.63) is 40.3 Å². The van der Waals surface area contributed by atoms with Gasteiger partial charge in [0.1, 0.15) is 0 Å². The number of nitrogens with zero attached hydrogens (tertiary/aromatic N) is 2. The van der Waals surface area contributed by atoms with Gasteiger partial charge in [0.15, 0.2) is 0 Å².